The molecule has 0 unspecified atom stereocenters. The number of amides is 2. The maximum atomic E-state index is 12.1. The predicted molar refractivity (Wildman–Crippen MR) is 94.1 cm³/mol. The van der Waals surface area contributed by atoms with E-state index in [1.54, 1.807) is 12.1 Å². The Morgan fingerprint density at radius 3 is 2.50 bits per heavy atom. The summed E-state index contributed by atoms with van der Waals surface area (Å²) >= 11 is 0. The van der Waals surface area contributed by atoms with Crippen molar-refractivity contribution in [3.63, 3.8) is 0 Å². The van der Waals surface area contributed by atoms with Crippen molar-refractivity contribution >= 4 is 23.9 Å². The lowest BCUT2D eigenvalue weighted by molar-refractivity contribution is -0.138. The fourth-order valence-corrected chi connectivity index (χ4v) is 1.97. The summed E-state index contributed by atoms with van der Waals surface area (Å²) in [5, 5.41) is 13.3. The minimum absolute atomic E-state index is 0.0458. The lowest BCUT2D eigenvalue weighted by atomic mass is 10.1. The molecule has 0 radical (unpaired) electrons. The summed E-state index contributed by atoms with van der Waals surface area (Å²) in [5.74, 6) is -1.90. The third kappa shape index (κ3) is 9.11. The number of nitrogens with one attached hydrogen (secondary N) is 2. The highest BCUT2D eigenvalue weighted by molar-refractivity contribution is 5.87. The Kier molecular flexibility index (Phi) is 9.01. The van der Waals surface area contributed by atoms with Gasteiger partial charge in [0.05, 0.1) is 0 Å². The smallest absolute Gasteiger partial charge is 0.408 e. The zero-order valence-corrected chi connectivity index (χ0v) is 14.2. The molecule has 0 aromatic heterocycles. The summed E-state index contributed by atoms with van der Waals surface area (Å²) in [7, 11) is 0. The molecule has 0 spiro atoms. The van der Waals surface area contributed by atoms with Gasteiger partial charge in [0.1, 0.15) is 19.2 Å². The Morgan fingerprint density at radius 1 is 1.19 bits per heavy atom. The molecular weight excluding hydrogens is 342 g/mol. The lowest BCUT2D eigenvalue weighted by Gasteiger charge is -2.17. The molecule has 1 atom stereocenters. The van der Waals surface area contributed by atoms with Crippen LogP contribution in [-0.2, 0) is 20.9 Å². The first-order valence-corrected chi connectivity index (χ1v) is 7.90. The summed E-state index contributed by atoms with van der Waals surface area (Å²) in [6.07, 6.45) is -0.170. The Morgan fingerprint density at radius 2 is 1.88 bits per heavy atom. The molecular formula is C16H23N5O5. The number of aliphatic carboxylic acids is 1. The van der Waals surface area contributed by atoms with Gasteiger partial charge in [0.25, 0.3) is 0 Å². The maximum absolute atomic E-state index is 12.1. The van der Waals surface area contributed by atoms with Crippen molar-refractivity contribution in [1.82, 2.24) is 10.6 Å². The average Bonchev–Trinajstić information content (AvgIpc) is 2.61. The number of carbonyl (C=O) groups excluding carboxylic acids is 2. The van der Waals surface area contributed by atoms with Crippen molar-refractivity contribution in [2.24, 2.45) is 16.5 Å². The van der Waals surface area contributed by atoms with Crippen LogP contribution in [0, 0.1) is 0 Å². The molecule has 1 aromatic rings. The average molecular weight is 365 g/mol. The SMILES string of the molecule is NC(N)=NCCC[C@H](NC(=O)OCc1ccccc1)C(=O)NCC(=O)O. The van der Waals surface area contributed by atoms with E-state index in [0.29, 0.717) is 6.42 Å². The van der Waals surface area contributed by atoms with Gasteiger partial charge in [-0.25, -0.2) is 4.79 Å². The van der Waals surface area contributed by atoms with Crippen LogP contribution in [0.2, 0.25) is 0 Å². The number of carboxylic acids is 1. The van der Waals surface area contributed by atoms with Crippen molar-refractivity contribution in [2.45, 2.75) is 25.5 Å². The monoisotopic (exact) mass is 365 g/mol. The molecule has 26 heavy (non-hydrogen) atoms. The Hall–Kier alpha value is -3.30. The number of carboxylic acid groups (broad SMARTS) is 1. The molecule has 0 aliphatic rings. The van der Waals surface area contributed by atoms with E-state index in [4.69, 9.17) is 21.3 Å². The fourth-order valence-electron chi connectivity index (χ4n) is 1.97. The molecule has 2 amide bonds. The molecule has 10 heteroatoms. The predicted octanol–water partition coefficient (Wildman–Crippen LogP) is -0.464. The van der Waals surface area contributed by atoms with Gasteiger partial charge in [-0.2, -0.15) is 0 Å². The molecule has 0 saturated carbocycles. The van der Waals surface area contributed by atoms with Crippen LogP contribution in [0.15, 0.2) is 35.3 Å². The first-order chi connectivity index (χ1) is 12.4. The summed E-state index contributed by atoms with van der Waals surface area (Å²) in [5.41, 5.74) is 11.2. The van der Waals surface area contributed by atoms with Crippen molar-refractivity contribution in [2.75, 3.05) is 13.1 Å². The number of benzene rings is 1. The summed E-state index contributed by atoms with van der Waals surface area (Å²) in [4.78, 5) is 38.3. The normalized spacial score (nSPS) is 11.1. The molecule has 7 N–H and O–H groups in total. The standard InChI is InChI=1S/C16H23N5O5/c17-15(18)19-8-4-7-12(14(24)20-9-13(22)23)21-16(25)26-10-11-5-2-1-3-6-11/h1-3,5-6,12H,4,7-10H2,(H,20,24)(H,21,25)(H,22,23)(H4,17,18,19)/t12-/m0/s1. The van der Waals surface area contributed by atoms with Crippen molar-refractivity contribution < 1.29 is 24.2 Å². The fraction of sp³-hybridized carbons (Fsp3) is 0.375. The molecule has 0 saturated heterocycles. The molecule has 0 aliphatic carbocycles. The van der Waals surface area contributed by atoms with Crippen LogP contribution in [0.3, 0.4) is 0 Å². The molecule has 142 valence electrons. The number of guanidine groups is 1. The van der Waals surface area contributed by atoms with E-state index >= 15 is 0 Å². The third-order valence-corrected chi connectivity index (χ3v) is 3.18. The van der Waals surface area contributed by atoms with Gasteiger partial charge in [-0.3, -0.25) is 14.6 Å². The van der Waals surface area contributed by atoms with Gasteiger partial charge in [0.15, 0.2) is 5.96 Å². The van der Waals surface area contributed by atoms with E-state index in [1.807, 2.05) is 18.2 Å². The number of hydrogen-bond acceptors (Lipinski definition) is 5. The largest absolute Gasteiger partial charge is 0.480 e. The van der Waals surface area contributed by atoms with Crippen LogP contribution in [-0.4, -0.2) is 48.2 Å². The summed E-state index contributed by atoms with van der Waals surface area (Å²) < 4.78 is 5.06. The Labute approximate surface area is 150 Å². The number of nitrogens with zero attached hydrogens (tertiary/aromatic N) is 1. The molecule has 1 rings (SSSR count). The number of carbonyl (C=O) groups is 3. The van der Waals surface area contributed by atoms with Gasteiger partial charge in [0.2, 0.25) is 5.91 Å². The van der Waals surface area contributed by atoms with Gasteiger partial charge in [-0.05, 0) is 18.4 Å². The zero-order valence-electron chi connectivity index (χ0n) is 14.2. The minimum Gasteiger partial charge on any atom is -0.480 e. The molecule has 1 aromatic carbocycles. The van der Waals surface area contributed by atoms with Gasteiger partial charge >= 0.3 is 12.1 Å². The van der Waals surface area contributed by atoms with Crippen molar-refractivity contribution in [3.05, 3.63) is 35.9 Å². The van der Waals surface area contributed by atoms with Crippen LogP contribution in [0.1, 0.15) is 18.4 Å². The van der Waals surface area contributed by atoms with Gasteiger partial charge < -0.3 is 31.9 Å². The first kappa shape index (κ1) is 20.7. The number of rotatable bonds is 10. The number of aliphatic imine (C=N–C) groups is 1. The quantitative estimate of drug-likeness (QED) is 0.212. The number of hydrogen-bond donors (Lipinski definition) is 5. The van der Waals surface area contributed by atoms with E-state index in [1.165, 1.54) is 0 Å². The van der Waals surface area contributed by atoms with Crippen LogP contribution in [0.5, 0.6) is 0 Å². The van der Waals surface area contributed by atoms with Crippen LogP contribution >= 0.6 is 0 Å². The number of nitrogens with two attached hydrogens (primary N) is 2. The Balaban J connectivity index is 2.55. The third-order valence-electron chi connectivity index (χ3n) is 3.18. The van der Waals surface area contributed by atoms with Crippen LogP contribution < -0.4 is 22.1 Å². The highest BCUT2D eigenvalue weighted by Crippen LogP contribution is 2.03. The van der Waals surface area contributed by atoms with Crippen molar-refractivity contribution in [1.29, 1.82) is 0 Å². The topological polar surface area (TPSA) is 169 Å². The van der Waals surface area contributed by atoms with Crippen LogP contribution in [0.25, 0.3) is 0 Å². The van der Waals surface area contributed by atoms with Gasteiger partial charge in [0, 0.05) is 6.54 Å². The second-order valence-corrected chi connectivity index (χ2v) is 5.32. The minimum atomic E-state index is -1.19. The zero-order chi connectivity index (χ0) is 19.4. The summed E-state index contributed by atoms with van der Waals surface area (Å²) in [6.45, 7) is -0.236. The van der Waals surface area contributed by atoms with Gasteiger partial charge in [-0.1, -0.05) is 30.3 Å². The van der Waals surface area contributed by atoms with E-state index in [2.05, 4.69) is 15.6 Å². The van der Waals surface area contributed by atoms with Crippen LogP contribution in [0.4, 0.5) is 4.79 Å². The maximum Gasteiger partial charge on any atom is 0.408 e. The van der Waals surface area contributed by atoms with E-state index < -0.39 is 30.6 Å². The highest BCUT2D eigenvalue weighted by Gasteiger charge is 2.21. The second kappa shape index (κ2) is 11.3. The van der Waals surface area contributed by atoms with E-state index in [0.717, 1.165) is 5.56 Å². The molecule has 0 fully saturated rings. The van der Waals surface area contributed by atoms with Crippen molar-refractivity contribution in [3.8, 4) is 0 Å². The highest BCUT2D eigenvalue weighted by atomic mass is 16.5. The lowest BCUT2D eigenvalue weighted by Crippen LogP contribution is -2.48. The molecule has 0 bridgehead atoms. The van der Waals surface area contributed by atoms with Gasteiger partial charge in [-0.15, -0.1) is 0 Å². The van der Waals surface area contributed by atoms with E-state index in [-0.39, 0.29) is 25.5 Å². The first-order valence-electron chi connectivity index (χ1n) is 7.90. The van der Waals surface area contributed by atoms with E-state index in [9.17, 15) is 14.4 Å². The molecule has 0 heterocycles. The number of alkyl carbamates (subject to hydrolysis) is 1. The second-order valence-electron chi connectivity index (χ2n) is 5.32. The molecule has 0 aliphatic heterocycles. The molecule has 10 nitrogen and oxygen atoms in total. The summed E-state index contributed by atoms with van der Waals surface area (Å²) in [6, 6.07) is 8.07. The number of ether oxygens (including phenoxy) is 1. The Bertz CT molecular complexity index is 631.